The molecule has 1 heterocycles. The van der Waals surface area contributed by atoms with Crippen LogP contribution in [0.2, 0.25) is 0 Å². The van der Waals surface area contributed by atoms with Crippen molar-refractivity contribution in [1.82, 2.24) is 4.31 Å². The highest BCUT2D eigenvalue weighted by molar-refractivity contribution is 7.89. The number of nitrogens with zero attached hydrogens (tertiary/aromatic N) is 2. The van der Waals surface area contributed by atoms with Gasteiger partial charge < -0.3 is 10.5 Å². The molecule has 1 saturated heterocycles. The largest absolute Gasteiger partial charge is 0.389 e. The Labute approximate surface area is 121 Å². The average Bonchev–Trinajstić information content (AvgIpc) is 2.78. The maximum atomic E-state index is 12.5. The molecule has 2 rings (SSSR count). The number of β-amino-alcohol motifs (C(OH)–C–C–N with tert-alkyl or cyclic N) is 1. The number of hydrogen-bond donors (Lipinski definition) is 3. The molecular formula is C11H16N4O5S. The highest BCUT2D eigenvalue weighted by atomic mass is 32.2. The van der Waals surface area contributed by atoms with Crippen LogP contribution in [0.1, 0.15) is 13.3 Å². The Kier molecular flexibility index (Phi) is 3.89. The van der Waals surface area contributed by atoms with Crippen LogP contribution in [-0.2, 0) is 10.0 Å². The molecule has 1 atom stereocenters. The van der Waals surface area contributed by atoms with E-state index in [-0.39, 0.29) is 29.4 Å². The van der Waals surface area contributed by atoms with Gasteiger partial charge in [-0.2, -0.15) is 4.31 Å². The van der Waals surface area contributed by atoms with E-state index in [4.69, 9.17) is 5.84 Å². The molecule has 0 radical (unpaired) electrons. The number of hydrazine groups is 1. The van der Waals surface area contributed by atoms with Crippen molar-refractivity contribution in [2.45, 2.75) is 23.8 Å². The van der Waals surface area contributed by atoms with Gasteiger partial charge in [-0.1, -0.05) is 0 Å². The lowest BCUT2D eigenvalue weighted by atomic mass is 10.1. The number of non-ortho nitro benzene ring substituents is 1. The summed E-state index contributed by atoms with van der Waals surface area (Å²) in [6, 6.07) is 3.29. The van der Waals surface area contributed by atoms with E-state index in [0.717, 1.165) is 22.5 Å². The number of benzene rings is 1. The number of rotatable bonds is 4. The van der Waals surface area contributed by atoms with E-state index in [1.54, 1.807) is 6.92 Å². The first-order chi connectivity index (χ1) is 9.67. The summed E-state index contributed by atoms with van der Waals surface area (Å²) >= 11 is 0. The molecule has 116 valence electrons. The second-order valence-corrected chi connectivity index (χ2v) is 7.07. The van der Waals surface area contributed by atoms with Crippen molar-refractivity contribution < 1.29 is 18.4 Å². The van der Waals surface area contributed by atoms with Crippen LogP contribution in [0.4, 0.5) is 11.4 Å². The summed E-state index contributed by atoms with van der Waals surface area (Å²) in [5.74, 6) is 5.26. The minimum Gasteiger partial charge on any atom is -0.389 e. The van der Waals surface area contributed by atoms with Crippen LogP contribution in [0.25, 0.3) is 0 Å². The lowest BCUT2D eigenvalue weighted by Crippen LogP contribution is -2.34. The SMILES string of the molecule is CC1(O)CCN(S(=O)(=O)c2ccc([N+](=O)[O-])cc2NN)C1. The monoisotopic (exact) mass is 316 g/mol. The predicted octanol–water partition coefficient (Wildman–Crippen LogP) is 0.0258. The number of sulfonamides is 1. The first kappa shape index (κ1) is 15.6. The van der Waals surface area contributed by atoms with Crippen molar-refractivity contribution >= 4 is 21.4 Å². The first-order valence-corrected chi connectivity index (χ1v) is 7.59. The molecular weight excluding hydrogens is 300 g/mol. The second kappa shape index (κ2) is 5.22. The number of aliphatic hydroxyl groups is 1. The van der Waals surface area contributed by atoms with E-state index in [0.29, 0.717) is 6.42 Å². The molecule has 0 amide bonds. The second-order valence-electron chi connectivity index (χ2n) is 5.17. The topological polar surface area (TPSA) is 139 Å². The number of nitrogen functional groups attached to an aromatic ring is 1. The van der Waals surface area contributed by atoms with Crippen molar-refractivity contribution in [2.75, 3.05) is 18.5 Å². The molecule has 1 fully saturated rings. The van der Waals surface area contributed by atoms with Crippen LogP contribution in [0.15, 0.2) is 23.1 Å². The third-order valence-electron chi connectivity index (χ3n) is 3.36. The quantitative estimate of drug-likeness (QED) is 0.404. The van der Waals surface area contributed by atoms with Gasteiger partial charge in [-0.3, -0.25) is 16.0 Å². The van der Waals surface area contributed by atoms with Crippen LogP contribution in [0, 0.1) is 10.1 Å². The van der Waals surface area contributed by atoms with Gasteiger partial charge in [0, 0.05) is 25.2 Å². The normalized spacial score (nSPS) is 23.2. The standard InChI is InChI=1S/C11H16N4O5S/c1-11(16)4-5-14(7-11)21(19,20)10-3-2-8(15(17)18)6-9(10)13-12/h2-3,6,13,16H,4-5,7,12H2,1H3. The van der Waals surface area contributed by atoms with Crippen LogP contribution >= 0.6 is 0 Å². The Morgan fingerprint density at radius 2 is 2.19 bits per heavy atom. The predicted molar refractivity (Wildman–Crippen MR) is 74.9 cm³/mol. The zero-order valence-electron chi connectivity index (χ0n) is 11.3. The van der Waals surface area contributed by atoms with Crippen molar-refractivity contribution in [3.8, 4) is 0 Å². The Morgan fingerprint density at radius 3 is 2.67 bits per heavy atom. The molecule has 1 aliphatic heterocycles. The molecule has 1 aromatic carbocycles. The lowest BCUT2D eigenvalue weighted by Gasteiger charge is -2.20. The molecule has 0 bridgehead atoms. The van der Waals surface area contributed by atoms with Crippen molar-refractivity contribution in [1.29, 1.82) is 0 Å². The third kappa shape index (κ3) is 2.97. The van der Waals surface area contributed by atoms with Crippen LogP contribution in [0.3, 0.4) is 0 Å². The van der Waals surface area contributed by atoms with Gasteiger partial charge in [0.05, 0.1) is 16.2 Å². The van der Waals surface area contributed by atoms with E-state index < -0.39 is 20.5 Å². The Balaban J connectivity index is 2.43. The van der Waals surface area contributed by atoms with Gasteiger partial charge in [-0.15, -0.1) is 0 Å². The highest BCUT2D eigenvalue weighted by Crippen LogP contribution is 2.32. The van der Waals surface area contributed by atoms with E-state index in [2.05, 4.69) is 5.43 Å². The number of hydrogen-bond acceptors (Lipinski definition) is 7. The number of nitro groups is 1. The summed E-state index contributed by atoms with van der Waals surface area (Å²) in [7, 11) is -3.89. The van der Waals surface area contributed by atoms with Crippen LogP contribution in [-0.4, -0.2) is 41.4 Å². The lowest BCUT2D eigenvalue weighted by molar-refractivity contribution is -0.384. The van der Waals surface area contributed by atoms with Crippen molar-refractivity contribution in [3.05, 3.63) is 28.3 Å². The fraction of sp³-hybridized carbons (Fsp3) is 0.455. The summed E-state index contributed by atoms with van der Waals surface area (Å²) in [5, 5.41) is 20.6. The molecule has 9 nitrogen and oxygen atoms in total. The van der Waals surface area contributed by atoms with Crippen molar-refractivity contribution in [2.24, 2.45) is 5.84 Å². The van der Waals surface area contributed by atoms with Gasteiger partial charge in [-0.25, -0.2) is 8.42 Å². The van der Waals surface area contributed by atoms with Crippen LogP contribution < -0.4 is 11.3 Å². The molecule has 10 heteroatoms. The van der Waals surface area contributed by atoms with Gasteiger partial charge in [0.15, 0.2) is 0 Å². The fourth-order valence-electron chi connectivity index (χ4n) is 2.22. The number of nitrogens with one attached hydrogen (secondary N) is 1. The number of anilines is 1. The average molecular weight is 316 g/mol. The van der Waals surface area contributed by atoms with Gasteiger partial charge in [0.1, 0.15) is 4.90 Å². The summed E-state index contributed by atoms with van der Waals surface area (Å²) in [4.78, 5) is 9.92. The number of nitro benzene ring substituents is 1. The molecule has 1 aliphatic rings. The summed E-state index contributed by atoms with van der Waals surface area (Å²) < 4.78 is 26.2. The zero-order valence-corrected chi connectivity index (χ0v) is 12.1. The summed E-state index contributed by atoms with van der Waals surface area (Å²) in [6.45, 7) is 1.70. The number of nitrogens with two attached hydrogens (primary N) is 1. The Morgan fingerprint density at radius 1 is 1.52 bits per heavy atom. The molecule has 0 aromatic heterocycles. The van der Waals surface area contributed by atoms with Crippen molar-refractivity contribution in [3.63, 3.8) is 0 Å². The maximum Gasteiger partial charge on any atom is 0.271 e. The van der Waals surface area contributed by atoms with Gasteiger partial charge >= 0.3 is 0 Å². The third-order valence-corrected chi connectivity index (χ3v) is 5.27. The molecule has 4 N–H and O–H groups in total. The minimum atomic E-state index is -3.89. The molecule has 0 spiro atoms. The Bertz CT molecular complexity index is 673. The molecule has 21 heavy (non-hydrogen) atoms. The molecule has 0 aliphatic carbocycles. The molecule has 1 unspecified atom stereocenters. The molecule has 1 aromatic rings. The van der Waals surface area contributed by atoms with Gasteiger partial charge in [-0.05, 0) is 19.4 Å². The highest BCUT2D eigenvalue weighted by Gasteiger charge is 2.39. The minimum absolute atomic E-state index is 0.0314. The first-order valence-electron chi connectivity index (χ1n) is 6.15. The van der Waals surface area contributed by atoms with E-state index in [1.165, 1.54) is 0 Å². The molecule has 0 saturated carbocycles. The maximum absolute atomic E-state index is 12.5. The van der Waals surface area contributed by atoms with Gasteiger partial charge in [0.25, 0.3) is 5.69 Å². The van der Waals surface area contributed by atoms with E-state index in [9.17, 15) is 23.6 Å². The Hall–Kier alpha value is -1.75. The van der Waals surface area contributed by atoms with E-state index >= 15 is 0 Å². The zero-order chi connectivity index (χ0) is 15.8. The smallest absolute Gasteiger partial charge is 0.271 e. The fourth-order valence-corrected chi connectivity index (χ4v) is 3.91. The summed E-state index contributed by atoms with van der Waals surface area (Å²) in [5.41, 5.74) is 0.761. The summed E-state index contributed by atoms with van der Waals surface area (Å²) in [6.07, 6.45) is 0.324. The van der Waals surface area contributed by atoms with Gasteiger partial charge in [0.2, 0.25) is 10.0 Å². The van der Waals surface area contributed by atoms with Crippen LogP contribution in [0.5, 0.6) is 0 Å². The van der Waals surface area contributed by atoms with E-state index in [1.807, 2.05) is 0 Å².